The first-order valence-electron chi connectivity index (χ1n) is 9.49. The van der Waals surface area contributed by atoms with Crippen LogP contribution in [0, 0.1) is 5.92 Å². The number of carbonyl (C=O) groups is 1. The molecule has 29 heavy (non-hydrogen) atoms. The number of pyridine rings is 1. The number of rotatable bonds is 7. The van der Waals surface area contributed by atoms with Crippen LogP contribution in [0.15, 0.2) is 42.7 Å². The lowest BCUT2D eigenvalue weighted by molar-refractivity contribution is -0.174. The van der Waals surface area contributed by atoms with Crippen molar-refractivity contribution in [1.29, 1.82) is 0 Å². The molecule has 1 aromatic heterocycles. The van der Waals surface area contributed by atoms with Crippen LogP contribution in [-0.4, -0.2) is 54.8 Å². The summed E-state index contributed by atoms with van der Waals surface area (Å²) in [4.78, 5) is 17.6. The number of nitrogens with zero attached hydrogens (tertiary/aromatic N) is 2. The minimum Gasteiger partial charge on any atom is -0.371 e. The first kappa shape index (κ1) is 19.8. The standard InChI is InChI=1S/C21H22F3N3O2/c22-21(23,24)13-29-6-5-27-11-18-8-20(18,12-27)17-3-1-14(2-4-17)15-7-16(19(25)28)10-26-9-15/h1-4,7,9-10,18H,5-6,8,11-13H2,(H2,25,28)/t18-,20+/m1/s1. The van der Waals surface area contributed by atoms with Crippen molar-refractivity contribution in [2.24, 2.45) is 11.7 Å². The zero-order chi connectivity index (χ0) is 20.6. The van der Waals surface area contributed by atoms with Crippen LogP contribution in [0.2, 0.25) is 0 Å². The van der Waals surface area contributed by atoms with E-state index in [1.807, 2.05) is 12.1 Å². The molecule has 1 aromatic carbocycles. The lowest BCUT2D eigenvalue weighted by Gasteiger charge is -2.21. The minimum atomic E-state index is -4.28. The minimum absolute atomic E-state index is 0.0877. The maximum atomic E-state index is 12.2. The van der Waals surface area contributed by atoms with Crippen molar-refractivity contribution < 1.29 is 22.7 Å². The molecule has 1 aliphatic heterocycles. The van der Waals surface area contributed by atoms with E-state index in [-0.39, 0.29) is 12.0 Å². The molecule has 1 saturated carbocycles. The number of piperidine rings is 1. The van der Waals surface area contributed by atoms with Crippen LogP contribution in [0.4, 0.5) is 13.2 Å². The van der Waals surface area contributed by atoms with E-state index in [1.165, 1.54) is 11.8 Å². The van der Waals surface area contributed by atoms with Crippen LogP contribution in [0.1, 0.15) is 22.3 Å². The third kappa shape index (κ3) is 4.28. The molecule has 2 aromatic rings. The number of carbonyl (C=O) groups excluding carboxylic acids is 1. The van der Waals surface area contributed by atoms with E-state index in [9.17, 15) is 18.0 Å². The summed E-state index contributed by atoms with van der Waals surface area (Å²) in [5.41, 5.74) is 8.80. The van der Waals surface area contributed by atoms with Gasteiger partial charge in [0.15, 0.2) is 0 Å². The van der Waals surface area contributed by atoms with Gasteiger partial charge in [0.25, 0.3) is 0 Å². The summed E-state index contributed by atoms with van der Waals surface area (Å²) in [6, 6.07) is 9.93. The molecule has 0 bridgehead atoms. The van der Waals surface area contributed by atoms with E-state index < -0.39 is 18.7 Å². The summed E-state index contributed by atoms with van der Waals surface area (Å²) in [5.74, 6) is 0.0248. The highest BCUT2D eigenvalue weighted by Crippen LogP contribution is 2.59. The van der Waals surface area contributed by atoms with Crippen molar-refractivity contribution in [3.63, 3.8) is 0 Å². The molecule has 1 amide bonds. The summed E-state index contributed by atoms with van der Waals surface area (Å²) in [6.07, 6.45) is -0.0367. The lowest BCUT2D eigenvalue weighted by atomic mass is 9.93. The maximum absolute atomic E-state index is 12.2. The number of hydrogen-bond donors (Lipinski definition) is 1. The molecule has 2 N–H and O–H groups in total. The fourth-order valence-electron chi connectivity index (χ4n) is 4.31. The van der Waals surface area contributed by atoms with Crippen LogP contribution < -0.4 is 5.73 Å². The number of aromatic nitrogens is 1. The number of hydrogen-bond acceptors (Lipinski definition) is 4. The molecular formula is C21H22F3N3O2. The number of fused-ring (bicyclic) bond motifs is 1. The molecule has 154 valence electrons. The normalized spacial score (nSPS) is 23.8. The quantitative estimate of drug-likeness (QED) is 0.719. The Balaban J connectivity index is 1.38. The zero-order valence-electron chi connectivity index (χ0n) is 15.8. The van der Waals surface area contributed by atoms with Crippen LogP contribution in [0.25, 0.3) is 11.1 Å². The second-order valence-corrected chi connectivity index (χ2v) is 7.86. The third-order valence-corrected chi connectivity index (χ3v) is 5.85. The molecular weight excluding hydrogens is 383 g/mol. The molecule has 5 nitrogen and oxygen atoms in total. The average molecular weight is 405 g/mol. The van der Waals surface area contributed by atoms with Crippen LogP contribution in [0.3, 0.4) is 0 Å². The molecule has 1 aliphatic carbocycles. The summed E-state index contributed by atoms with van der Waals surface area (Å²) in [7, 11) is 0. The van der Waals surface area contributed by atoms with Gasteiger partial charge in [-0.05, 0) is 29.5 Å². The Hall–Kier alpha value is -2.45. The molecule has 8 heteroatoms. The molecule has 0 radical (unpaired) electrons. The summed E-state index contributed by atoms with van der Waals surface area (Å²) in [5, 5.41) is 0. The van der Waals surface area contributed by atoms with Gasteiger partial charge in [-0.25, -0.2) is 0 Å². The van der Waals surface area contributed by atoms with Gasteiger partial charge in [0.05, 0.1) is 12.2 Å². The molecule has 2 heterocycles. The number of likely N-dealkylation sites (tertiary alicyclic amines) is 1. The predicted molar refractivity (Wildman–Crippen MR) is 101 cm³/mol. The van der Waals surface area contributed by atoms with Gasteiger partial charge in [-0.2, -0.15) is 13.2 Å². The fourth-order valence-corrected chi connectivity index (χ4v) is 4.31. The van der Waals surface area contributed by atoms with Gasteiger partial charge in [0.1, 0.15) is 6.61 Å². The third-order valence-electron chi connectivity index (χ3n) is 5.85. The average Bonchev–Trinajstić information content (AvgIpc) is 3.26. The maximum Gasteiger partial charge on any atom is 0.411 e. The van der Waals surface area contributed by atoms with Crippen LogP contribution >= 0.6 is 0 Å². The highest BCUT2D eigenvalue weighted by molar-refractivity contribution is 5.93. The van der Waals surface area contributed by atoms with E-state index in [0.29, 0.717) is 18.0 Å². The number of primary amides is 1. The van der Waals surface area contributed by atoms with Crippen molar-refractivity contribution in [3.05, 3.63) is 53.9 Å². The zero-order valence-corrected chi connectivity index (χ0v) is 15.8. The second-order valence-electron chi connectivity index (χ2n) is 7.86. The van der Waals surface area contributed by atoms with Crippen molar-refractivity contribution in [2.75, 3.05) is 32.8 Å². The molecule has 0 unspecified atom stereocenters. The second kappa shape index (κ2) is 7.42. The molecule has 2 atom stereocenters. The molecule has 1 saturated heterocycles. The van der Waals surface area contributed by atoms with Crippen molar-refractivity contribution in [2.45, 2.75) is 18.0 Å². The number of amides is 1. The summed E-state index contributed by atoms with van der Waals surface area (Å²) < 4.78 is 41.2. The summed E-state index contributed by atoms with van der Waals surface area (Å²) in [6.45, 7) is 1.14. The smallest absolute Gasteiger partial charge is 0.371 e. The number of benzene rings is 1. The van der Waals surface area contributed by atoms with Crippen LogP contribution in [-0.2, 0) is 10.2 Å². The molecule has 4 rings (SSSR count). The van der Waals surface area contributed by atoms with E-state index in [0.717, 1.165) is 30.6 Å². The number of ether oxygens (including phenoxy) is 1. The highest BCUT2D eigenvalue weighted by Gasteiger charge is 2.60. The Morgan fingerprint density at radius 1 is 1.24 bits per heavy atom. The summed E-state index contributed by atoms with van der Waals surface area (Å²) >= 11 is 0. The predicted octanol–water partition coefficient (Wildman–Crippen LogP) is 3.00. The fraction of sp³-hybridized carbons (Fsp3) is 0.429. The largest absolute Gasteiger partial charge is 0.411 e. The van der Waals surface area contributed by atoms with Crippen LogP contribution in [0.5, 0.6) is 0 Å². The van der Waals surface area contributed by atoms with E-state index in [4.69, 9.17) is 10.5 Å². The van der Waals surface area contributed by atoms with E-state index in [1.54, 1.807) is 12.3 Å². The van der Waals surface area contributed by atoms with Gasteiger partial charge in [-0.3, -0.25) is 14.7 Å². The Bertz CT molecular complexity index is 901. The van der Waals surface area contributed by atoms with Gasteiger partial charge in [0.2, 0.25) is 5.91 Å². The number of halogens is 3. The van der Waals surface area contributed by atoms with E-state index in [2.05, 4.69) is 22.0 Å². The molecule has 2 fully saturated rings. The van der Waals surface area contributed by atoms with Crippen molar-refractivity contribution in [3.8, 4) is 11.1 Å². The number of alkyl halides is 3. The molecule has 2 aliphatic rings. The van der Waals surface area contributed by atoms with Gasteiger partial charge >= 0.3 is 6.18 Å². The van der Waals surface area contributed by atoms with Crippen molar-refractivity contribution in [1.82, 2.24) is 9.88 Å². The van der Waals surface area contributed by atoms with Crippen molar-refractivity contribution >= 4 is 5.91 Å². The Morgan fingerprint density at radius 2 is 2.00 bits per heavy atom. The van der Waals surface area contributed by atoms with Gasteiger partial charge in [-0.1, -0.05) is 24.3 Å². The number of nitrogens with two attached hydrogens (primary N) is 1. The SMILES string of the molecule is NC(=O)c1cncc(-c2ccc([C@@]34C[C@@H]3CN(CCOCC(F)(F)F)C4)cc2)c1. The lowest BCUT2D eigenvalue weighted by Crippen LogP contribution is -2.31. The first-order chi connectivity index (χ1) is 13.8. The Morgan fingerprint density at radius 3 is 2.69 bits per heavy atom. The van der Waals surface area contributed by atoms with Gasteiger partial charge in [-0.15, -0.1) is 0 Å². The van der Waals surface area contributed by atoms with Gasteiger partial charge < -0.3 is 10.5 Å². The van der Waals surface area contributed by atoms with E-state index >= 15 is 0 Å². The van der Waals surface area contributed by atoms with Gasteiger partial charge in [0, 0.05) is 43.0 Å². The molecule has 0 spiro atoms. The monoisotopic (exact) mass is 405 g/mol. The topological polar surface area (TPSA) is 68.5 Å². The Labute approximate surface area is 166 Å². The highest BCUT2D eigenvalue weighted by atomic mass is 19.4. The first-order valence-corrected chi connectivity index (χ1v) is 9.49. The Kier molecular flexibility index (Phi) is 5.08.